The first-order valence-electron chi connectivity index (χ1n) is 5.41. The van der Waals surface area contributed by atoms with Gasteiger partial charge in [-0.2, -0.15) is 0 Å². The highest BCUT2D eigenvalue weighted by Crippen LogP contribution is 1.96. The number of nitrogens with one attached hydrogen (secondary N) is 1. The molecule has 0 unspecified atom stereocenters. The summed E-state index contributed by atoms with van der Waals surface area (Å²) in [4.78, 5) is 21.6. The Morgan fingerprint density at radius 2 is 1.88 bits per heavy atom. The summed E-state index contributed by atoms with van der Waals surface area (Å²) in [5.41, 5.74) is -0.125. The van der Waals surface area contributed by atoms with Gasteiger partial charge in [-0.25, -0.2) is 4.79 Å². The number of carboxylic acid groups (broad SMARTS) is 1. The van der Waals surface area contributed by atoms with Crippen molar-refractivity contribution in [1.29, 1.82) is 0 Å². The second-order valence-corrected chi connectivity index (χ2v) is 3.24. The predicted octanol–water partition coefficient (Wildman–Crippen LogP) is 0.187. The lowest BCUT2D eigenvalue weighted by Crippen LogP contribution is -2.28. The number of carbonyl (C=O) groups is 2. The lowest BCUT2D eigenvalue weighted by molar-refractivity contribution is -0.134. The Balaban J connectivity index is 3.39. The topological polar surface area (TPSA) is 84.9 Å². The molecule has 0 rings (SSSR count). The first-order valence-corrected chi connectivity index (χ1v) is 5.41. The zero-order chi connectivity index (χ0) is 13.1. The molecule has 0 aliphatic heterocycles. The summed E-state index contributed by atoms with van der Waals surface area (Å²) in [7, 11) is 0. The molecule has 0 aliphatic rings. The molecule has 0 aromatic rings. The van der Waals surface area contributed by atoms with Gasteiger partial charge in [0, 0.05) is 18.7 Å². The fourth-order valence-electron chi connectivity index (χ4n) is 0.959. The van der Waals surface area contributed by atoms with E-state index < -0.39 is 5.97 Å². The van der Waals surface area contributed by atoms with Crippen LogP contribution in [0.1, 0.15) is 13.3 Å². The highest BCUT2D eigenvalue weighted by molar-refractivity contribution is 5.93. The van der Waals surface area contributed by atoms with Crippen molar-refractivity contribution in [2.45, 2.75) is 13.3 Å². The Kier molecular flexibility index (Phi) is 8.99. The van der Waals surface area contributed by atoms with Gasteiger partial charge in [-0.1, -0.05) is 6.58 Å². The molecule has 0 aromatic carbocycles. The van der Waals surface area contributed by atoms with E-state index in [-0.39, 0.29) is 17.9 Å². The van der Waals surface area contributed by atoms with Crippen molar-refractivity contribution >= 4 is 11.9 Å². The number of rotatable bonds is 10. The molecule has 98 valence electrons. The third-order valence-electron chi connectivity index (χ3n) is 1.82. The van der Waals surface area contributed by atoms with Crippen molar-refractivity contribution in [3.8, 4) is 0 Å². The molecule has 0 saturated heterocycles. The Bertz CT molecular complexity index is 265. The maximum Gasteiger partial charge on any atom is 0.331 e. The van der Waals surface area contributed by atoms with Crippen molar-refractivity contribution in [3.63, 3.8) is 0 Å². The van der Waals surface area contributed by atoms with Crippen LogP contribution in [0.4, 0.5) is 0 Å². The summed E-state index contributed by atoms with van der Waals surface area (Å²) < 4.78 is 10.2. The molecule has 6 nitrogen and oxygen atoms in total. The fourth-order valence-corrected chi connectivity index (χ4v) is 0.959. The molecule has 17 heavy (non-hydrogen) atoms. The van der Waals surface area contributed by atoms with Gasteiger partial charge in [-0.05, 0) is 6.92 Å². The van der Waals surface area contributed by atoms with E-state index in [1.807, 2.05) is 6.92 Å². The van der Waals surface area contributed by atoms with Gasteiger partial charge in [0.05, 0.1) is 26.2 Å². The predicted molar refractivity (Wildman–Crippen MR) is 61.7 cm³/mol. The summed E-state index contributed by atoms with van der Waals surface area (Å²) >= 11 is 0. The number of hydrogen-bond acceptors (Lipinski definition) is 4. The van der Waals surface area contributed by atoms with Crippen LogP contribution in [0.25, 0.3) is 0 Å². The summed E-state index contributed by atoms with van der Waals surface area (Å²) in [6, 6.07) is 0. The Hall–Kier alpha value is -1.40. The number of carbonyl (C=O) groups excluding carboxylic acids is 1. The van der Waals surface area contributed by atoms with E-state index in [2.05, 4.69) is 11.9 Å². The minimum absolute atomic E-state index is 0.125. The molecule has 1 amide bonds. The third kappa shape index (κ3) is 9.52. The normalized spacial score (nSPS) is 9.94. The molecule has 0 aromatic heterocycles. The zero-order valence-corrected chi connectivity index (χ0v) is 10.0. The largest absolute Gasteiger partial charge is 0.478 e. The van der Waals surface area contributed by atoms with Crippen LogP contribution >= 0.6 is 0 Å². The Morgan fingerprint density at radius 1 is 1.24 bits per heavy atom. The van der Waals surface area contributed by atoms with Gasteiger partial charge in [0.15, 0.2) is 0 Å². The Labute approximate surface area is 101 Å². The van der Waals surface area contributed by atoms with Crippen LogP contribution < -0.4 is 5.32 Å². The van der Waals surface area contributed by atoms with Crippen LogP contribution in [0.5, 0.6) is 0 Å². The van der Waals surface area contributed by atoms with Crippen LogP contribution in [0.2, 0.25) is 0 Å². The molecule has 0 fully saturated rings. The molecule has 2 N–H and O–H groups in total. The molecule has 0 heterocycles. The second-order valence-electron chi connectivity index (χ2n) is 3.24. The summed E-state index contributed by atoms with van der Waals surface area (Å²) in [5, 5.41) is 11.0. The molecular weight excluding hydrogens is 226 g/mol. The van der Waals surface area contributed by atoms with Crippen molar-refractivity contribution in [2.75, 3.05) is 33.0 Å². The number of amides is 1. The molecule has 0 atom stereocenters. The smallest absolute Gasteiger partial charge is 0.331 e. The molecule has 0 spiro atoms. The van der Waals surface area contributed by atoms with Crippen LogP contribution in [0.15, 0.2) is 12.2 Å². The molecule has 0 saturated carbocycles. The standard InChI is InChI=1S/C11H19NO5/c1-3-16-6-7-17-5-4-12-10(13)8-9(2)11(14)15/h2-8H2,1H3,(H,12,13)(H,14,15). The average Bonchev–Trinajstić information content (AvgIpc) is 2.27. The van der Waals surface area contributed by atoms with Crippen LogP contribution in [0.3, 0.4) is 0 Å². The van der Waals surface area contributed by atoms with E-state index >= 15 is 0 Å². The van der Waals surface area contributed by atoms with Gasteiger partial charge in [0.1, 0.15) is 0 Å². The monoisotopic (exact) mass is 245 g/mol. The van der Waals surface area contributed by atoms with E-state index in [0.717, 1.165) is 0 Å². The van der Waals surface area contributed by atoms with Crippen molar-refractivity contribution in [3.05, 3.63) is 12.2 Å². The van der Waals surface area contributed by atoms with E-state index in [4.69, 9.17) is 14.6 Å². The van der Waals surface area contributed by atoms with E-state index in [1.165, 1.54) is 0 Å². The van der Waals surface area contributed by atoms with E-state index in [1.54, 1.807) is 0 Å². The van der Waals surface area contributed by atoms with E-state index in [0.29, 0.717) is 33.0 Å². The Morgan fingerprint density at radius 3 is 2.47 bits per heavy atom. The maximum atomic E-state index is 11.2. The molecule has 0 aliphatic carbocycles. The fraction of sp³-hybridized carbons (Fsp3) is 0.636. The van der Waals surface area contributed by atoms with Crippen molar-refractivity contribution in [2.24, 2.45) is 0 Å². The van der Waals surface area contributed by atoms with Crippen molar-refractivity contribution in [1.82, 2.24) is 5.32 Å². The summed E-state index contributed by atoms with van der Waals surface area (Å²) in [6.45, 7) is 7.54. The first kappa shape index (κ1) is 15.6. The van der Waals surface area contributed by atoms with Gasteiger partial charge in [-0.3, -0.25) is 4.79 Å². The summed E-state index contributed by atoms with van der Waals surface area (Å²) in [5.74, 6) is -1.53. The van der Waals surface area contributed by atoms with Gasteiger partial charge in [0.2, 0.25) is 5.91 Å². The van der Waals surface area contributed by atoms with Gasteiger partial charge < -0.3 is 19.9 Å². The van der Waals surface area contributed by atoms with Crippen LogP contribution in [-0.2, 0) is 19.1 Å². The average molecular weight is 245 g/mol. The lowest BCUT2D eigenvalue weighted by Gasteiger charge is -2.06. The van der Waals surface area contributed by atoms with Crippen molar-refractivity contribution < 1.29 is 24.2 Å². The number of carboxylic acids is 1. The quantitative estimate of drug-likeness (QED) is 0.424. The molecule has 0 radical (unpaired) electrons. The molecule has 6 heteroatoms. The first-order chi connectivity index (χ1) is 8.07. The lowest BCUT2D eigenvalue weighted by atomic mass is 10.2. The minimum atomic E-state index is -1.16. The zero-order valence-electron chi connectivity index (χ0n) is 10.0. The van der Waals surface area contributed by atoms with E-state index in [9.17, 15) is 9.59 Å². The van der Waals surface area contributed by atoms with Crippen LogP contribution in [0, 0.1) is 0 Å². The number of aliphatic carboxylic acids is 1. The third-order valence-corrected chi connectivity index (χ3v) is 1.82. The van der Waals surface area contributed by atoms with Gasteiger partial charge in [-0.15, -0.1) is 0 Å². The molecular formula is C11H19NO5. The second kappa shape index (κ2) is 9.80. The molecule has 0 bridgehead atoms. The van der Waals surface area contributed by atoms with Gasteiger partial charge in [0.25, 0.3) is 0 Å². The highest BCUT2D eigenvalue weighted by Gasteiger charge is 2.09. The maximum absolute atomic E-state index is 11.2. The minimum Gasteiger partial charge on any atom is -0.478 e. The highest BCUT2D eigenvalue weighted by atomic mass is 16.5. The van der Waals surface area contributed by atoms with Crippen LogP contribution in [-0.4, -0.2) is 50.0 Å². The summed E-state index contributed by atoms with van der Waals surface area (Å²) in [6.07, 6.45) is -0.200. The number of hydrogen-bond donors (Lipinski definition) is 2. The SMILES string of the molecule is C=C(CC(=O)NCCOCCOCC)C(=O)O. The number of ether oxygens (including phenoxy) is 2. The van der Waals surface area contributed by atoms with Gasteiger partial charge >= 0.3 is 5.97 Å².